The van der Waals surface area contributed by atoms with Gasteiger partial charge in [0.05, 0.1) is 13.0 Å². The number of carbonyl (C=O) groups is 1. The molecule has 4 rings (SSSR count). The van der Waals surface area contributed by atoms with Gasteiger partial charge in [-0.1, -0.05) is 30.3 Å². The van der Waals surface area contributed by atoms with E-state index in [-0.39, 0.29) is 12.4 Å². The number of esters is 1. The molecule has 0 saturated carbocycles. The first-order valence-corrected chi connectivity index (χ1v) is 9.09. The normalized spacial score (nSPS) is 10.8. The number of hydrogen-bond donors (Lipinski definition) is 0. The summed E-state index contributed by atoms with van der Waals surface area (Å²) in [6.07, 6.45) is 0.177. The summed E-state index contributed by atoms with van der Waals surface area (Å²) >= 11 is 0. The molecule has 0 bridgehead atoms. The molecule has 0 spiro atoms. The first kappa shape index (κ1) is 17.8. The molecule has 140 valence electrons. The molecule has 0 aliphatic carbocycles. The van der Waals surface area contributed by atoms with Crippen LogP contribution in [0.2, 0.25) is 0 Å². The summed E-state index contributed by atoms with van der Waals surface area (Å²) in [5, 5.41) is 0. The van der Waals surface area contributed by atoms with Crippen molar-refractivity contribution < 1.29 is 18.7 Å². The van der Waals surface area contributed by atoms with Crippen LogP contribution in [0, 0.1) is 0 Å². The summed E-state index contributed by atoms with van der Waals surface area (Å²) in [6.45, 7) is 2.54. The summed E-state index contributed by atoms with van der Waals surface area (Å²) < 4.78 is 16.7. The molecule has 5 nitrogen and oxygen atoms in total. The van der Waals surface area contributed by atoms with Gasteiger partial charge in [-0.25, -0.2) is 4.98 Å². The smallest absolute Gasteiger partial charge is 0.315 e. The third-order valence-electron chi connectivity index (χ3n) is 4.20. The summed E-state index contributed by atoms with van der Waals surface area (Å²) in [6, 6.07) is 22.3. The Morgan fingerprint density at radius 2 is 1.71 bits per heavy atom. The zero-order valence-corrected chi connectivity index (χ0v) is 15.4. The first-order valence-electron chi connectivity index (χ1n) is 9.09. The standard InChI is InChI=1S/C23H19NO4/c1-2-26-18-10-8-16(9-11-18)14-22(25)27-19-12-13-20-21(15-19)28-23(24-20)17-6-4-3-5-7-17/h3-13,15H,2,14H2,1H3. The van der Waals surface area contributed by atoms with Crippen LogP contribution in [-0.2, 0) is 11.2 Å². The van der Waals surface area contributed by atoms with Crippen molar-refractivity contribution in [3.05, 3.63) is 78.4 Å². The SMILES string of the molecule is CCOc1ccc(CC(=O)Oc2ccc3nc(-c4ccccc4)oc3c2)cc1. The number of hydrogen-bond acceptors (Lipinski definition) is 5. The van der Waals surface area contributed by atoms with Crippen molar-refractivity contribution in [1.29, 1.82) is 0 Å². The van der Waals surface area contributed by atoms with E-state index in [1.807, 2.05) is 61.5 Å². The molecule has 0 fully saturated rings. The Bertz CT molecular complexity index is 1080. The predicted molar refractivity (Wildman–Crippen MR) is 106 cm³/mol. The topological polar surface area (TPSA) is 61.6 Å². The van der Waals surface area contributed by atoms with Gasteiger partial charge in [0.25, 0.3) is 0 Å². The van der Waals surface area contributed by atoms with E-state index in [4.69, 9.17) is 13.9 Å². The highest BCUT2D eigenvalue weighted by Crippen LogP contribution is 2.27. The van der Waals surface area contributed by atoms with Gasteiger partial charge in [0.1, 0.15) is 17.0 Å². The van der Waals surface area contributed by atoms with Gasteiger partial charge < -0.3 is 13.9 Å². The second-order valence-electron chi connectivity index (χ2n) is 6.24. The minimum Gasteiger partial charge on any atom is -0.494 e. The molecule has 0 saturated heterocycles. The maximum Gasteiger partial charge on any atom is 0.315 e. The minimum absolute atomic E-state index is 0.177. The van der Waals surface area contributed by atoms with Crippen LogP contribution in [-0.4, -0.2) is 17.6 Å². The van der Waals surface area contributed by atoms with Crippen LogP contribution in [0.1, 0.15) is 12.5 Å². The Morgan fingerprint density at radius 1 is 0.964 bits per heavy atom. The fourth-order valence-corrected chi connectivity index (χ4v) is 2.88. The van der Waals surface area contributed by atoms with Gasteiger partial charge in [-0.15, -0.1) is 0 Å². The van der Waals surface area contributed by atoms with Crippen molar-refractivity contribution in [3.8, 4) is 23.0 Å². The van der Waals surface area contributed by atoms with Crippen LogP contribution >= 0.6 is 0 Å². The van der Waals surface area contributed by atoms with Gasteiger partial charge in [-0.05, 0) is 48.9 Å². The van der Waals surface area contributed by atoms with Crippen LogP contribution in [0.5, 0.6) is 11.5 Å². The van der Waals surface area contributed by atoms with Gasteiger partial charge in [-0.2, -0.15) is 0 Å². The molecule has 0 atom stereocenters. The monoisotopic (exact) mass is 373 g/mol. The number of fused-ring (bicyclic) bond motifs is 1. The number of carbonyl (C=O) groups excluding carboxylic acids is 1. The Kier molecular flexibility index (Phi) is 5.06. The zero-order valence-electron chi connectivity index (χ0n) is 15.4. The molecule has 1 heterocycles. The fraction of sp³-hybridized carbons (Fsp3) is 0.130. The fourth-order valence-electron chi connectivity index (χ4n) is 2.88. The molecule has 3 aromatic carbocycles. The molecule has 0 amide bonds. The molecule has 0 unspecified atom stereocenters. The third-order valence-corrected chi connectivity index (χ3v) is 4.20. The first-order chi connectivity index (χ1) is 13.7. The summed E-state index contributed by atoms with van der Waals surface area (Å²) in [4.78, 5) is 16.7. The Morgan fingerprint density at radius 3 is 2.46 bits per heavy atom. The Hall–Kier alpha value is -3.60. The van der Waals surface area contributed by atoms with Crippen LogP contribution in [0.3, 0.4) is 0 Å². The van der Waals surface area contributed by atoms with Crippen molar-refractivity contribution in [2.75, 3.05) is 6.61 Å². The zero-order chi connectivity index (χ0) is 19.3. The second-order valence-corrected chi connectivity index (χ2v) is 6.24. The highest BCUT2D eigenvalue weighted by molar-refractivity contribution is 5.80. The summed E-state index contributed by atoms with van der Waals surface area (Å²) in [5.74, 6) is 1.41. The lowest BCUT2D eigenvalue weighted by molar-refractivity contribution is -0.133. The molecule has 4 aromatic rings. The summed E-state index contributed by atoms with van der Waals surface area (Å²) in [5.41, 5.74) is 3.05. The lowest BCUT2D eigenvalue weighted by Crippen LogP contribution is -2.11. The molecule has 0 radical (unpaired) electrons. The molecule has 0 N–H and O–H groups in total. The number of benzene rings is 3. The van der Waals surface area contributed by atoms with Crippen LogP contribution in [0.15, 0.2) is 77.2 Å². The van der Waals surface area contributed by atoms with Crippen LogP contribution in [0.25, 0.3) is 22.6 Å². The number of rotatable bonds is 6. The lowest BCUT2D eigenvalue weighted by atomic mass is 10.1. The minimum atomic E-state index is -0.341. The largest absolute Gasteiger partial charge is 0.494 e. The molecular weight excluding hydrogens is 354 g/mol. The number of oxazole rings is 1. The predicted octanol–water partition coefficient (Wildman–Crippen LogP) is 5.04. The van der Waals surface area contributed by atoms with Gasteiger partial charge in [-0.3, -0.25) is 4.79 Å². The van der Waals surface area contributed by atoms with Gasteiger partial charge in [0.2, 0.25) is 5.89 Å². The third kappa shape index (κ3) is 4.04. The Balaban J connectivity index is 1.46. The summed E-state index contributed by atoms with van der Waals surface area (Å²) in [7, 11) is 0. The molecule has 0 aliphatic rings. The van der Waals surface area contributed by atoms with E-state index < -0.39 is 0 Å². The van der Waals surface area contributed by atoms with E-state index in [1.165, 1.54) is 0 Å². The quantitative estimate of drug-likeness (QED) is 0.350. The van der Waals surface area contributed by atoms with Crippen molar-refractivity contribution in [1.82, 2.24) is 4.98 Å². The van der Waals surface area contributed by atoms with E-state index in [2.05, 4.69) is 4.98 Å². The molecule has 0 aliphatic heterocycles. The molecule has 28 heavy (non-hydrogen) atoms. The highest BCUT2D eigenvalue weighted by Gasteiger charge is 2.11. The van der Waals surface area contributed by atoms with Crippen molar-refractivity contribution in [3.63, 3.8) is 0 Å². The number of aromatic nitrogens is 1. The van der Waals surface area contributed by atoms with Gasteiger partial charge in [0, 0.05) is 11.6 Å². The highest BCUT2D eigenvalue weighted by atomic mass is 16.5. The maximum absolute atomic E-state index is 12.3. The molecule has 5 heteroatoms. The van der Waals surface area contributed by atoms with E-state index in [0.717, 1.165) is 16.9 Å². The van der Waals surface area contributed by atoms with Crippen molar-refractivity contribution in [2.24, 2.45) is 0 Å². The van der Waals surface area contributed by atoms with Crippen molar-refractivity contribution in [2.45, 2.75) is 13.3 Å². The molecular formula is C23H19NO4. The van der Waals surface area contributed by atoms with Crippen LogP contribution in [0.4, 0.5) is 0 Å². The van der Waals surface area contributed by atoms with Crippen LogP contribution < -0.4 is 9.47 Å². The van der Waals surface area contributed by atoms with E-state index >= 15 is 0 Å². The van der Waals surface area contributed by atoms with E-state index in [9.17, 15) is 4.79 Å². The van der Waals surface area contributed by atoms with Crippen molar-refractivity contribution >= 4 is 17.1 Å². The average Bonchev–Trinajstić information content (AvgIpc) is 3.14. The molecule has 1 aromatic heterocycles. The van der Waals surface area contributed by atoms with E-state index in [1.54, 1.807) is 18.2 Å². The lowest BCUT2D eigenvalue weighted by Gasteiger charge is -2.06. The maximum atomic E-state index is 12.3. The number of ether oxygens (including phenoxy) is 2. The van der Waals surface area contributed by atoms with E-state index in [0.29, 0.717) is 29.3 Å². The number of nitrogens with zero attached hydrogens (tertiary/aromatic N) is 1. The second kappa shape index (κ2) is 7.96. The van der Waals surface area contributed by atoms with Gasteiger partial charge in [0.15, 0.2) is 5.58 Å². The van der Waals surface area contributed by atoms with Gasteiger partial charge >= 0.3 is 5.97 Å². The average molecular weight is 373 g/mol. The Labute approximate surface area is 162 Å².